The van der Waals surface area contributed by atoms with E-state index in [9.17, 15) is 14.4 Å². The zero-order valence-corrected chi connectivity index (χ0v) is 21.0. The number of amides is 1. The summed E-state index contributed by atoms with van der Waals surface area (Å²) in [5.74, 6) is -0.313. The van der Waals surface area contributed by atoms with Gasteiger partial charge in [-0.05, 0) is 67.0 Å². The molecule has 180 valence electrons. The van der Waals surface area contributed by atoms with Crippen LogP contribution < -0.4 is 16.6 Å². The summed E-state index contributed by atoms with van der Waals surface area (Å²) in [6.07, 6.45) is 4.69. The molecular formula is C27H26ClN3O3S. The van der Waals surface area contributed by atoms with Crippen molar-refractivity contribution in [3.63, 3.8) is 0 Å². The fourth-order valence-electron chi connectivity index (χ4n) is 4.66. The number of hydrogen-bond acceptors (Lipinski definition) is 4. The van der Waals surface area contributed by atoms with Crippen LogP contribution >= 0.6 is 22.9 Å². The van der Waals surface area contributed by atoms with Crippen molar-refractivity contribution in [2.75, 3.05) is 5.32 Å². The number of carbonyl (C=O) groups is 1. The third-order valence-electron chi connectivity index (χ3n) is 6.55. The Morgan fingerprint density at radius 3 is 2.51 bits per heavy atom. The van der Waals surface area contributed by atoms with Gasteiger partial charge in [0.15, 0.2) is 0 Å². The average Bonchev–Trinajstić information content (AvgIpc) is 3.25. The highest BCUT2D eigenvalue weighted by Gasteiger charge is 2.24. The lowest BCUT2D eigenvalue weighted by atomic mass is 9.97. The summed E-state index contributed by atoms with van der Waals surface area (Å²) >= 11 is 7.81. The van der Waals surface area contributed by atoms with Gasteiger partial charge >= 0.3 is 5.69 Å². The fourth-order valence-corrected chi connectivity index (χ4v) is 6.23. The molecule has 1 aliphatic rings. The standard InChI is InChI=1S/C27H26ClN3O3S/c1-2-17-11-13-19(14-12-17)29-23(32)16-31-26-24(20-8-4-6-10-22(20)35-26)25(33)30(27(31)34)15-18-7-3-5-9-21(18)28/h3,5,7,9,11-14H,2,4,6,8,10,15-16H2,1H3,(H,29,32). The van der Waals surface area contributed by atoms with E-state index in [1.165, 1.54) is 26.0 Å². The molecule has 1 aliphatic carbocycles. The van der Waals surface area contributed by atoms with E-state index in [2.05, 4.69) is 12.2 Å². The van der Waals surface area contributed by atoms with Crippen molar-refractivity contribution >= 4 is 44.7 Å². The highest BCUT2D eigenvalue weighted by atomic mass is 35.5. The van der Waals surface area contributed by atoms with Crippen LogP contribution in [0.4, 0.5) is 5.69 Å². The number of thiophene rings is 1. The molecule has 6 nitrogen and oxygen atoms in total. The molecule has 1 N–H and O–H groups in total. The Morgan fingerprint density at radius 1 is 1.03 bits per heavy atom. The topological polar surface area (TPSA) is 73.1 Å². The van der Waals surface area contributed by atoms with Crippen LogP contribution in [0.25, 0.3) is 10.2 Å². The number of halogens is 1. The van der Waals surface area contributed by atoms with E-state index in [1.807, 2.05) is 36.4 Å². The van der Waals surface area contributed by atoms with Crippen molar-refractivity contribution in [3.05, 3.63) is 96.0 Å². The minimum atomic E-state index is -0.502. The Kier molecular flexibility index (Phi) is 6.62. The molecule has 5 rings (SSSR count). The van der Waals surface area contributed by atoms with Gasteiger partial charge in [-0.2, -0.15) is 0 Å². The zero-order chi connectivity index (χ0) is 24.5. The van der Waals surface area contributed by atoms with E-state index in [0.717, 1.165) is 42.5 Å². The highest BCUT2D eigenvalue weighted by Crippen LogP contribution is 2.34. The Labute approximate surface area is 211 Å². The van der Waals surface area contributed by atoms with Gasteiger partial charge < -0.3 is 5.32 Å². The number of aromatic nitrogens is 2. The molecule has 0 unspecified atom stereocenters. The molecule has 35 heavy (non-hydrogen) atoms. The average molecular weight is 508 g/mol. The fraction of sp³-hybridized carbons (Fsp3) is 0.296. The first-order valence-corrected chi connectivity index (χ1v) is 13.1. The zero-order valence-electron chi connectivity index (χ0n) is 19.5. The van der Waals surface area contributed by atoms with Gasteiger partial charge in [-0.25, -0.2) is 4.79 Å². The van der Waals surface area contributed by atoms with Gasteiger partial charge in [0.05, 0.1) is 11.9 Å². The van der Waals surface area contributed by atoms with E-state index in [-0.39, 0.29) is 24.6 Å². The first kappa shape index (κ1) is 23.6. The number of benzene rings is 2. The second-order valence-electron chi connectivity index (χ2n) is 8.84. The van der Waals surface area contributed by atoms with Gasteiger partial charge in [0.25, 0.3) is 5.56 Å². The van der Waals surface area contributed by atoms with Crippen LogP contribution in [-0.2, 0) is 37.1 Å². The summed E-state index contributed by atoms with van der Waals surface area (Å²) in [6, 6.07) is 14.8. The smallest absolute Gasteiger partial charge is 0.325 e. The molecule has 0 atom stereocenters. The maximum Gasteiger partial charge on any atom is 0.332 e. The normalized spacial score (nSPS) is 13.1. The molecule has 2 heterocycles. The Balaban J connectivity index is 1.59. The van der Waals surface area contributed by atoms with Crippen LogP contribution in [0, 0.1) is 0 Å². The van der Waals surface area contributed by atoms with Gasteiger partial charge in [0.2, 0.25) is 5.91 Å². The number of aryl methyl sites for hydroxylation is 3. The summed E-state index contributed by atoms with van der Waals surface area (Å²) in [5.41, 5.74) is 2.75. The Hall–Kier alpha value is -3.16. The number of hydrogen-bond donors (Lipinski definition) is 1. The minimum Gasteiger partial charge on any atom is -0.325 e. The summed E-state index contributed by atoms with van der Waals surface area (Å²) in [6.45, 7) is 1.95. The van der Waals surface area contributed by atoms with Crippen LogP contribution in [0.3, 0.4) is 0 Å². The van der Waals surface area contributed by atoms with Crippen molar-refractivity contribution in [3.8, 4) is 0 Å². The van der Waals surface area contributed by atoms with E-state index < -0.39 is 5.69 Å². The first-order valence-electron chi connectivity index (χ1n) is 11.9. The predicted octanol–water partition coefficient (Wildman–Crippen LogP) is 5.01. The van der Waals surface area contributed by atoms with E-state index in [0.29, 0.717) is 26.5 Å². The summed E-state index contributed by atoms with van der Waals surface area (Å²) in [5, 5.41) is 3.94. The second kappa shape index (κ2) is 9.84. The molecule has 0 saturated heterocycles. The number of rotatable bonds is 6. The molecule has 2 aromatic heterocycles. The monoisotopic (exact) mass is 507 g/mol. The summed E-state index contributed by atoms with van der Waals surface area (Å²) in [7, 11) is 0. The van der Waals surface area contributed by atoms with Gasteiger partial charge in [-0.1, -0.05) is 48.9 Å². The van der Waals surface area contributed by atoms with Crippen molar-refractivity contribution < 1.29 is 4.79 Å². The number of fused-ring (bicyclic) bond motifs is 3. The Bertz CT molecular complexity index is 1530. The molecule has 0 aliphatic heterocycles. The van der Waals surface area contributed by atoms with Gasteiger partial charge in [0, 0.05) is 15.6 Å². The molecule has 0 spiro atoms. The van der Waals surface area contributed by atoms with Gasteiger partial charge in [-0.3, -0.25) is 18.7 Å². The van der Waals surface area contributed by atoms with Gasteiger partial charge in [-0.15, -0.1) is 11.3 Å². The third-order valence-corrected chi connectivity index (χ3v) is 8.24. The number of nitrogens with one attached hydrogen (secondary N) is 1. The molecule has 2 aromatic carbocycles. The van der Waals surface area contributed by atoms with Crippen molar-refractivity contribution in [1.82, 2.24) is 9.13 Å². The lowest BCUT2D eigenvalue weighted by Gasteiger charge is -2.14. The lowest BCUT2D eigenvalue weighted by molar-refractivity contribution is -0.116. The predicted molar refractivity (Wildman–Crippen MR) is 142 cm³/mol. The van der Waals surface area contributed by atoms with Crippen molar-refractivity contribution in [2.24, 2.45) is 0 Å². The van der Waals surface area contributed by atoms with Gasteiger partial charge in [0.1, 0.15) is 11.4 Å². The molecule has 0 bridgehead atoms. The molecule has 4 aromatic rings. The number of nitrogens with zero attached hydrogens (tertiary/aromatic N) is 2. The molecular weight excluding hydrogens is 482 g/mol. The largest absolute Gasteiger partial charge is 0.332 e. The molecule has 0 fully saturated rings. The van der Waals surface area contributed by atoms with Crippen LogP contribution in [0.2, 0.25) is 5.02 Å². The van der Waals surface area contributed by atoms with E-state index in [1.54, 1.807) is 12.1 Å². The Morgan fingerprint density at radius 2 is 1.77 bits per heavy atom. The third kappa shape index (κ3) is 4.58. The quantitative estimate of drug-likeness (QED) is 0.399. The van der Waals surface area contributed by atoms with Crippen molar-refractivity contribution in [1.29, 1.82) is 0 Å². The maximum absolute atomic E-state index is 13.6. The maximum atomic E-state index is 13.6. The van der Waals surface area contributed by atoms with E-state index in [4.69, 9.17) is 11.6 Å². The van der Waals surface area contributed by atoms with Crippen LogP contribution in [0.1, 0.15) is 41.3 Å². The molecule has 0 saturated carbocycles. The van der Waals surface area contributed by atoms with Crippen LogP contribution in [0.5, 0.6) is 0 Å². The summed E-state index contributed by atoms with van der Waals surface area (Å²) < 4.78 is 2.67. The molecule has 0 radical (unpaired) electrons. The first-order chi connectivity index (χ1) is 17.0. The highest BCUT2D eigenvalue weighted by molar-refractivity contribution is 7.18. The van der Waals surface area contributed by atoms with Crippen molar-refractivity contribution in [2.45, 2.75) is 52.1 Å². The second-order valence-corrected chi connectivity index (χ2v) is 10.3. The van der Waals surface area contributed by atoms with Crippen LogP contribution in [0.15, 0.2) is 58.1 Å². The molecule has 1 amide bonds. The molecule has 8 heteroatoms. The number of carbonyl (C=O) groups excluding carboxylic acids is 1. The lowest BCUT2D eigenvalue weighted by Crippen LogP contribution is -2.41. The number of anilines is 1. The van der Waals surface area contributed by atoms with Crippen LogP contribution in [-0.4, -0.2) is 15.0 Å². The minimum absolute atomic E-state index is 0.0536. The van der Waals surface area contributed by atoms with E-state index >= 15 is 0 Å². The SMILES string of the molecule is CCc1ccc(NC(=O)Cn2c(=O)n(Cc3ccccc3Cl)c(=O)c3c4c(sc32)CCCC4)cc1. The summed E-state index contributed by atoms with van der Waals surface area (Å²) in [4.78, 5) is 41.9.